The molecule has 0 spiro atoms. The van der Waals surface area contributed by atoms with Crippen LogP contribution in [0.5, 0.6) is 0 Å². The Balaban J connectivity index is 0.00000108. The van der Waals surface area contributed by atoms with Gasteiger partial charge in [-0.05, 0) is 28.3 Å². The second-order valence-corrected chi connectivity index (χ2v) is 8.01. The molecule has 4 heteroatoms. The van der Waals surface area contributed by atoms with Crippen molar-refractivity contribution in [3.63, 3.8) is 0 Å². The van der Waals surface area contributed by atoms with Crippen LogP contribution in [0.25, 0.3) is 17.2 Å². The number of hydrogen-bond acceptors (Lipinski definition) is 0. The van der Waals surface area contributed by atoms with E-state index in [-0.39, 0.29) is 63.4 Å². The first-order valence-corrected chi connectivity index (χ1v) is 10.8. The summed E-state index contributed by atoms with van der Waals surface area (Å²) in [6.07, 6.45) is 11.4. The van der Waals surface area contributed by atoms with E-state index in [4.69, 9.17) is 0 Å². The molecule has 0 unspecified atom stereocenters. The first-order chi connectivity index (χ1) is 15.4. The maximum Gasteiger partial charge on any atom is 4.00 e. The minimum atomic E-state index is 0. The molecule has 170 valence electrons. The Bertz CT molecular complexity index is 1550. The van der Waals surface area contributed by atoms with Crippen LogP contribution in [0.3, 0.4) is 0 Å². The van der Waals surface area contributed by atoms with Gasteiger partial charge in [-0.15, -0.1) is 33.4 Å². The minimum absolute atomic E-state index is 0. The summed E-state index contributed by atoms with van der Waals surface area (Å²) in [5.74, 6) is 0. The molecule has 2 aliphatic carbocycles. The number of benzene rings is 4. The largest absolute Gasteiger partial charge is 4.00 e. The third-order valence-electron chi connectivity index (χ3n) is 6.17. The summed E-state index contributed by atoms with van der Waals surface area (Å²) in [6.45, 7) is 0. The van der Waals surface area contributed by atoms with Crippen LogP contribution in [0.1, 0.15) is 28.7 Å². The van der Waals surface area contributed by atoms with Gasteiger partial charge in [0.15, 0.2) is 0 Å². The van der Waals surface area contributed by atoms with Crippen LogP contribution in [0.2, 0.25) is 0 Å². The predicted molar refractivity (Wildman–Crippen MR) is 129 cm³/mol. The number of rotatable bonds is 3. The quantitative estimate of drug-likeness (QED) is 0.192. The standard InChI is InChI=1S/C31H21.3ClH.Zr/c1-3-11-22(12-4-1)30(23-13-5-2-6-14-23)28-20-19-27-26-18-10-9-17-25(26)21-29(27)31(28)24-15-7-8-16-24;;;;/h1-15,17-20H,16H2;3*1H;/q-1;;;;+4/p-3. The average Bonchev–Trinajstić information content (AvgIpc) is 3.49. The number of halogens is 3. The second kappa shape index (κ2) is 12.7. The molecular weight excluding hydrogens is 570 g/mol. The van der Waals surface area contributed by atoms with Crippen LogP contribution in [0.4, 0.5) is 0 Å². The molecule has 0 bridgehead atoms. The Labute approximate surface area is 243 Å². The summed E-state index contributed by atoms with van der Waals surface area (Å²) in [6, 6.07) is 34.7. The van der Waals surface area contributed by atoms with Gasteiger partial charge in [0.2, 0.25) is 0 Å². The topological polar surface area (TPSA) is 0 Å². The Morgan fingerprint density at radius 1 is 0.629 bits per heavy atom. The summed E-state index contributed by atoms with van der Waals surface area (Å²) in [4.78, 5) is 0. The van der Waals surface area contributed by atoms with Crippen molar-refractivity contribution in [1.29, 1.82) is 0 Å². The fraction of sp³-hybridized carbons (Fsp3) is 0.0323. The molecule has 0 amide bonds. The normalized spacial score (nSPS) is 11.8. The van der Waals surface area contributed by atoms with E-state index in [1.807, 2.05) is 0 Å². The Hall–Kier alpha value is -2.15. The molecule has 0 saturated carbocycles. The molecule has 0 aromatic heterocycles. The van der Waals surface area contributed by atoms with E-state index in [9.17, 15) is 0 Å². The fourth-order valence-electron chi connectivity index (χ4n) is 4.78. The van der Waals surface area contributed by atoms with Crippen LogP contribution in [-0.2, 0) is 26.2 Å². The van der Waals surface area contributed by atoms with Crippen LogP contribution in [0.15, 0.2) is 115 Å². The van der Waals surface area contributed by atoms with Gasteiger partial charge >= 0.3 is 26.2 Å². The van der Waals surface area contributed by atoms with Crippen molar-refractivity contribution in [3.05, 3.63) is 158 Å². The van der Waals surface area contributed by atoms with Gasteiger partial charge in [0.05, 0.1) is 0 Å². The average molecular weight is 591 g/mol. The van der Waals surface area contributed by atoms with Crippen molar-refractivity contribution in [2.75, 3.05) is 0 Å². The minimum Gasteiger partial charge on any atom is -1.00 e. The molecule has 0 radical (unpaired) electrons. The first kappa shape index (κ1) is 29.1. The number of hydrogen-bond donors (Lipinski definition) is 0. The number of allylic oxidation sites excluding steroid dienone is 4. The zero-order valence-corrected chi connectivity index (χ0v) is 23.5. The molecule has 2 aliphatic rings. The van der Waals surface area contributed by atoms with E-state index in [1.54, 1.807) is 0 Å². The Morgan fingerprint density at radius 3 is 1.83 bits per heavy atom. The fourth-order valence-corrected chi connectivity index (χ4v) is 4.78. The molecule has 0 N–H and O–H groups in total. The van der Waals surface area contributed by atoms with Crippen LogP contribution >= 0.6 is 0 Å². The monoisotopic (exact) mass is 588 g/mol. The molecular formula is C31H21Cl3Zr. The van der Waals surface area contributed by atoms with Crippen molar-refractivity contribution in [3.8, 4) is 0 Å². The molecule has 0 aliphatic heterocycles. The second-order valence-electron chi connectivity index (χ2n) is 8.01. The van der Waals surface area contributed by atoms with E-state index in [2.05, 4.69) is 121 Å². The predicted octanol–water partition coefficient (Wildman–Crippen LogP) is -3.41. The number of fused-ring (bicyclic) bond motifs is 2. The third-order valence-corrected chi connectivity index (χ3v) is 6.17. The molecule has 35 heavy (non-hydrogen) atoms. The molecule has 4 aromatic carbocycles. The van der Waals surface area contributed by atoms with Gasteiger partial charge in [-0.3, -0.25) is 0 Å². The smallest absolute Gasteiger partial charge is 1.00 e. The van der Waals surface area contributed by atoms with Crippen molar-refractivity contribution in [2.45, 2.75) is 6.42 Å². The zero-order valence-electron chi connectivity index (χ0n) is 18.8. The molecule has 0 heterocycles. The van der Waals surface area contributed by atoms with Gasteiger partial charge in [0.25, 0.3) is 0 Å². The summed E-state index contributed by atoms with van der Waals surface area (Å²) < 4.78 is 0. The van der Waals surface area contributed by atoms with Gasteiger partial charge < -0.3 is 37.2 Å². The Morgan fingerprint density at radius 2 is 1.23 bits per heavy atom. The van der Waals surface area contributed by atoms with Crippen LogP contribution < -0.4 is 47.7 Å². The molecule has 0 fully saturated rings. The van der Waals surface area contributed by atoms with Crippen molar-refractivity contribution < 1.29 is 63.4 Å². The van der Waals surface area contributed by atoms with E-state index < -0.39 is 0 Å². The van der Waals surface area contributed by atoms with Gasteiger partial charge in [-0.1, -0.05) is 120 Å². The van der Waals surface area contributed by atoms with E-state index in [1.165, 1.54) is 54.3 Å². The van der Waals surface area contributed by atoms with Gasteiger partial charge in [-0.25, -0.2) is 0 Å². The molecule has 4 aromatic rings. The van der Waals surface area contributed by atoms with Gasteiger partial charge in [0, 0.05) is 0 Å². The van der Waals surface area contributed by atoms with E-state index >= 15 is 0 Å². The molecule has 0 nitrogen and oxygen atoms in total. The van der Waals surface area contributed by atoms with E-state index in [0.717, 1.165) is 6.42 Å². The van der Waals surface area contributed by atoms with Gasteiger partial charge in [0.1, 0.15) is 0 Å². The SMILES string of the molecule is [C-]1=c2ccccc2=c2ccc(=C(c3ccccc3)c3ccccc3)c(C3=CC=CC3)c21.[Cl-].[Cl-].[Cl-].[Zr+4]. The van der Waals surface area contributed by atoms with Crippen molar-refractivity contribution in [2.24, 2.45) is 0 Å². The zero-order chi connectivity index (χ0) is 20.6. The summed E-state index contributed by atoms with van der Waals surface area (Å²) >= 11 is 0. The third kappa shape index (κ3) is 5.35. The first-order valence-electron chi connectivity index (χ1n) is 10.8. The molecule has 0 atom stereocenters. The molecule has 6 rings (SSSR count). The van der Waals surface area contributed by atoms with E-state index in [0.29, 0.717) is 0 Å². The summed E-state index contributed by atoms with van der Waals surface area (Å²) in [7, 11) is 0. The van der Waals surface area contributed by atoms with Crippen LogP contribution in [-0.4, -0.2) is 0 Å². The summed E-state index contributed by atoms with van der Waals surface area (Å²) in [5.41, 5.74) is 7.62. The maximum atomic E-state index is 3.74. The summed E-state index contributed by atoms with van der Waals surface area (Å²) in [5, 5.41) is 5.01. The van der Waals surface area contributed by atoms with Crippen LogP contribution in [0, 0.1) is 10.4 Å². The molecule has 0 saturated heterocycles. The maximum absolute atomic E-state index is 3.74. The van der Waals surface area contributed by atoms with Crippen molar-refractivity contribution >= 4 is 17.2 Å². The Kier molecular flexibility index (Phi) is 10.6. The van der Waals surface area contributed by atoms with Crippen molar-refractivity contribution in [1.82, 2.24) is 0 Å². The van der Waals surface area contributed by atoms with Gasteiger partial charge in [-0.2, -0.15) is 0 Å².